The van der Waals surface area contributed by atoms with E-state index in [1.165, 1.54) is 18.5 Å². The van der Waals surface area contributed by atoms with Crippen LogP contribution in [0, 0.1) is 0 Å². The van der Waals surface area contributed by atoms with Gasteiger partial charge >= 0.3 is 0 Å². The van der Waals surface area contributed by atoms with Crippen LogP contribution in [-0.4, -0.2) is 53.1 Å². The van der Waals surface area contributed by atoms with Crippen LogP contribution >= 0.6 is 11.3 Å². The molecule has 2 aromatic rings. The summed E-state index contributed by atoms with van der Waals surface area (Å²) in [4.78, 5) is 17.4. The van der Waals surface area contributed by atoms with Crippen molar-refractivity contribution in [3.05, 3.63) is 29.0 Å². The fourth-order valence-corrected chi connectivity index (χ4v) is 3.29. The molecule has 6 nitrogen and oxygen atoms in total. The van der Waals surface area contributed by atoms with Crippen molar-refractivity contribution in [1.82, 2.24) is 19.9 Å². The van der Waals surface area contributed by atoms with Gasteiger partial charge in [0.2, 0.25) is 0 Å². The summed E-state index contributed by atoms with van der Waals surface area (Å²) in [6, 6.07) is 2.43. The monoisotopic (exact) mass is 318 g/mol. The van der Waals surface area contributed by atoms with Crippen LogP contribution in [0.2, 0.25) is 0 Å². The maximum atomic E-state index is 4.38. The molecular formula is C15H22N6S. The van der Waals surface area contributed by atoms with Gasteiger partial charge in [-0.05, 0) is 19.4 Å². The molecule has 1 aliphatic rings. The van der Waals surface area contributed by atoms with Gasteiger partial charge < -0.3 is 10.2 Å². The fourth-order valence-electron chi connectivity index (χ4n) is 2.74. The average Bonchev–Trinajstić information content (AvgIpc) is 3.01. The van der Waals surface area contributed by atoms with Crippen LogP contribution < -0.4 is 10.2 Å². The van der Waals surface area contributed by atoms with Gasteiger partial charge in [0.05, 0.1) is 11.2 Å². The van der Waals surface area contributed by atoms with Crippen molar-refractivity contribution in [1.29, 1.82) is 0 Å². The Kier molecular flexibility index (Phi) is 4.84. The minimum absolute atomic E-state index is 0.428. The van der Waals surface area contributed by atoms with Crippen molar-refractivity contribution in [3.63, 3.8) is 0 Å². The predicted molar refractivity (Wildman–Crippen MR) is 90.4 cm³/mol. The Balaban J connectivity index is 1.59. The van der Waals surface area contributed by atoms with Crippen molar-refractivity contribution >= 4 is 23.0 Å². The second-order valence-corrected chi connectivity index (χ2v) is 6.57. The van der Waals surface area contributed by atoms with Crippen LogP contribution in [0.4, 0.5) is 11.6 Å². The maximum absolute atomic E-state index is 4.38. The van der Waals surface area contributed by atoms with Gasteiger partial charge in [-0.25, -0.2) is 15.0 Å². The number of anilines is 2. The van der Waals surface area contributed by atoms with E-state index in [4.69, 9.17) is 0 Å². The third kappa shape index (κ3) is 3.92. The second kappa shape index (κ2) is 7.02. The van der Waals surface area contributed by atoms with E-state index in [0.717, 1.165) is 31.3 Å². The lowest BCUT2D eigenvalue weighted by molar-refractivity contribution is 0.206. The van der Waals surface area contributed by atoms with Crippen LogP contribution in [0.25, 0.3) is 0 Å². The van der Waals surface area contributed by atoms with E-state index in [0.29, 0.717) is 6.04 Å². The number of aromatic nitrogens is 3. The van der Waals surface area contributed by atoms with Crippen molar-refractivity contribution in [2.45, 2.75) is 25.4 Å². The molecule has 0 bridgehead atoms. The number of nitrogens with one attached hydrogen (secondary N) is 1. The highest BCUT2D eigenvalue weighted by Gasteiger charge is 2.20. The normalized spacial score (nSPS) is 19.1. The van der Waals surface area contributed by atoms with Gasteiger partial charge in [0, 0.05) is 44.7 Å². The molecule has 118 valence electrons. The molecule has 3 rings (SSSR count). The zero-order chi connectivity index (χ0) is 15.4. The molecule has 1 fully saturated rings. The lowest BCUT2D eigenvalue weighted by Crippen LogP contribution is -2.41. The molecular weight excluding hydrogens is 296 g/mol. The van der Waals surface area contributed by atoms with Crippen LogP contribution in [0.5, 0.6) is 0 Å². The zero-order valence-corrected chi connectivity index (χ0v) is 13.9. The number of likely N-dealkylation sites (tertiary alicyclic amines) is 1. The highest BCUT2D eigenvalue weighted by atomic mass is 32.1. The van der Waals surface area contributed by atoms with E-state index in [-0.39, 0.29) is 0 Å². The Labute approximate surface area is 135 Å². The van der Waals surface area contributed by atoms with Crippen LogP contribution in [0.3, 0.4) is 0 Å². The summed E-state index contributed by atoms with van der Waals surface area (Å²) < 4.78 is 0. The van der Waals surface area contributed by atoms with Gasteiger partial charge in [-0.3, -0.25) is 4.90 Å². The molecule has 7 heteroatoms. The highest BCUT2D eigenvalue weighted by molar-refractivity contribution is 7.07. The smallest absolute Gasteiger partial charge is 0.133 e. The number of hydrogen-bond acceptors (Lipinski definition) is 7. The Hall–Kier alpha value is -1.73. The summed E-state index contributed by atoms with van der Waals surface area (Å²) in [5.41, 5.74) is 3.07. The van der Waals surface area contributed by atoms with Gasteiger partial charge in [0.1, 0.15) is 18.0 Å². The maximum Gasteiger partial charge on any atom is 0.133 e. The fraction of sp³-hybridized carbons (Fsp3) is 0.533. The summed E-state index contributed by atoms with van der Waals surface area (Å²) in [5.74, 6) is 1.83. The number of thiazole rings is 1. The van der Waals surface area contributed by atoms with E-state index in [2.05, 4.69) is 30.5 Å². The molecule has 0 radical (unpaired) electrons. The molecule has 1 aliphatic heterocycles. The SMILES string of the molecule is CN(C)c1cc(NC2CCCN(Cc3cscn3)C2)ncn1. The summed E-state index contributed by atoms with van der Waals surface area (Å²) in [7, 11) is 3.98. The predicted octanol–water partition coefficient (Wildman–Crippen LogP) is 2.08. The molecule has 3 heterocycles. The van der Waals surface area contributed by atoms with Crippen LogP contribution in [0.1, 0.15) is 18.5 Å². The first kappa shape index (κ1) is 15.2. The molecule has 2 aromatic heterocycles. The van der Waals surface area contributed by atoms with Crippen molar-refractivity contribution in [2.75, 3.05) is 37.4 Å². The molecule has 0 aliphatic carbocycles. The summed E-state index contributed by atoms with van der Waals surface area (Å²) in [6.45, 7) is 3.11. The third-order valence-corrected chi connectivity index (χ3v) is 4.47. The minimum atomic E-state index is 0.428. The largest absolute Gasteiger partial charge is 0.366 e. The quantitative estimate of drug-likeness (QED) is 0.911. The lowest BCUT2D eigenvalue weighted by Gasteiger charge is -2.33. The number of rotatable bonds is 5. The Morgan fingerprint density at radius 1 is 1.36 bits per heavy atom. The number of piperidine rings is 1. The van der Waals surface area contributed by atoms with Crippen molar-refractivity contribution in [2.24, 2.45) is 0 Å². The summed E-state index contributed by atoms with van der Waals surface area (Å²) in [6.07, 6.45) is 4.00. The van der Waals surface area contributed by atoms with E-state index < -0.39 is 0 Å². The minimum Gasteiger partial charge on any atom is -0.366 e. The Bertz CT molecular complexity index is 585. The van der Waals surface area contributed by atoms with Gasteiger partial charge in [0.25, 0.3) is 0 Å². The van der Waals surface area contributed by atoms with Crippen molar-refractivity contribution in [3.8, 4) is 0 Å². The van der Waals surface area contributed by atoms with Crippen LogP contribution in [0.15, 0.2) is 23.3 Å². The first-order valence-electron chi connectivity index (χ1n) is 7.56. The average molecular weight is 318 g/mol. The molecule has 0 amide bonds. The molecule has 0 aromatic carbocycles. The van der Waals surface area contributed by atoms with Gasteiger partial charge in [0.15, 0.2) is 0 Å². The van der Waals surface area contributed by atoms with Gasteiger partial charge in [-0.1, -0.05) is 0 Å². The molecule has 0 saturated carbocycles. The lowest BCUT2D eigenvalue weighted by atomic mass is 10.1. The van der Waals surface area contributed by atoms with Crippen LogP contribution in [-0.2, 0) is 6.54 Å². The zero-order valence-electron chi connectivity index (χ0n) is 13.1. The molecule has 22 heavy (non-hydrogen) atoms. The molecule has 1 unspecified atom stereocenters. The molecule has 0 spiro atoms. The molecule has 1 N–H and O–H groups in total. The summed E-state index contributed by atoms with van der Waals surface area (Å²) >= 11 is 1.66. The topological polar surface area (TPSA) is 57.2 Å². The van der Waals surface area contributed by atoms with E-state index >= 15 is 0 Å². The highest BCUT2D eigenvalue weighted by Crippen LogP contribution is 2.18. The number of hydrogen-bond donors (Lipinski definition) is 1. The first-order chi connectivity index (χ1) is 10.7. The van der Waals surface area contributed by atoms with Gasteiger partial charge in [-0.15, -0.1) is 11.3 Å². The van der Waals surface area contributed by atoms with E-state index in [1.54, 1.807) is 17.7 Å². The molecule has 1 atom stereocenters. The van der Waals surface area contributed by atoms with E-state index in [1.807, 2.05) is 30.6 Å². The van der Waals surface area contributed by atoms with Crippen molar-refractivity contribution < 1.29 is 0 Å². The third-order valence-electron chi connectivity index (χ3n) is 3.84. The second-order valence-electron chi connectivity index (χ2n) is 5.85. The Morgan fingerprint density at radius 3 is 3.05 bits per heavy atom. The van der Waals surface area contributed by atoms with Gasteiger partial charge in [-0.2, -0.15) is 0 Å². The number of nitrogens with zero attached hydrogens (tertiary/aromatic N) is 5. The molecule has 1 saturated heterocycles. The summed E-state index contributed by atoms with van der Waals surface area (Å²) in [5, 5.41) is 5.68. The van der Waals surface area contributed by atoms with E-state index in [9.17, 15) is 0 Å². The Morgan fingerprint density at radius 2 is 2.27 bits per heavy atom. The first-order valence-corrected chi connectivity index (χ1v) is 8.50. The standard InChI is InChI=1S/C15H22N6S/c1-20(2)15-6-14(16-10-17-15)19-12-4-3-5-21(7-12)8-13-9-22-11-18-13/h6,9-12H,3-5,7-8H2,1-2H3,(H,16,17,19).